The van der Waals surface area contributed by atoms with E-state index in [-0.39, 0.29) is 19.6 Å². The van der Waals surface area contributed by atoms with E-state index in [1.165, 1.54) is 96.3 Å². The van der Waals surface area contributed by atoms with Crippen molar-refractivity contribution in [2.75, 3.05) is 19.8 Å². The van der Waals surface area contributed by atoms with E-state index in [9.17, 15) is 24.5 Å². The largest absolute Gasteiger partial charge is 0.472 e. The molecule has 0 spiro atoms. The van der Waals surface area contributed by atoms with Gasteiger partial charge in [0.2, 0.25) is 5.91 Å². The van der Waals surface area contributed by atoms with Crippen molar-refractivity contribution in [3.05, 3.63) is 36.5 Å². The normalized spacial score (nSPS) is 15.2. The highest BCUT2D eigenvalue weighted by Gasteiger charge is 2.27. The van der Waals surface area contributed by atoms with Gasteiger partial charge in [0, 0.05) is 6.54 Å². The summed E-state index contributed by atoms with van der Waals surface area (Å²) in [7, 11) is -4.40. The fraction of sp³-hybridized carbons (Fsp3) is 0.829. The molecular formula is C41H79N2O7P. The van der Waals surface area contributed by atoms with Crippen LogP contribution < -0.4 is 11.1 Å². The molecule has 0 aromatic heterocycles. The number of phosphoric ester groups is 1. The van der Waals surface area contributed by atoms with Crippen LogP contribution in [0.5, 0.6) is 0 Å². The second kappa shape index (κ2) is 37.0. The van der Waals surface area contributed by atoms with Gasteiger partial charge in [-0.3, -0.25) is 13.8 Å². The zero-order chi connectivity index (χ0) is 37.7. The van der Waals surface area contributed by atoms with E-state index in [0.717, 1.165) is 51.4 Å². The number of hydrogen-bond donors (Lipinski definition) is 5. The number of aliphatic hydroxyl groups is 2. The Hall–Kier alpha value is -1.32. The van der Waals surface area contributed by atoms with Crippen LogP contribution in [-0.4, -0.2) is 59.0 Å². The Morgan fingerprint density at radius 2 is 1.12 bits per heavy atom. The standard InChI is InChI=1S/C41H79N2O7P/c1-3-5-7-9-11-13-15-16-17-18-19-20-21-23-24-26-28-30-32-38(44)36-41(46)43-39(37-50-51(47,48)49-35-34-42)40(45)33-31-29-27-25-22-14-12-10-8-6-4-2/h8,10,22,25,31,33,38-40,44-45H,3-7,9,11-21,23-24,26-30,32,34-37,42H2,1-2H3,(H,43,46)(H,47,48)/b10-8+,25-22+,33-31+. The number of carbonyl (C=O) groups excluding carboxylic acids is 1. The van der Waals surface area contributed by atoms with Crippen molar-refractivity contribution >= 4 is 13.7 Å². The van der Waals surface area contributed by atoms with Gasteiger partial charge in [-0.05, 0) is 38.5 Å². The minimum atomic E-state index is -4.40. The lowest BCUT2D eigenvalue weighted by Crippen LogP contribution is -2.46. The summed E-state index contributed by atoms with van der Waals surface area (Å²) in [6.45, 7) is 3.86. The quantitative estimate of drug-likeness (QED) is 0.0238. The molecule has 0 aliphatic heterocycles. The maximum atomic E-state index is 12.8. The van der Waals surface area contributed by atoms with Crippen molar-refractivity contribution in [1.29, 1.82) is 0 Å². The van der Waals surface area contributed by atoms with Gasteiger partial charge in [-0.15, -0.1) is 0 Å². The molecule has 0 aromatic carbocycles. The summed E-state index contributed by atoms with van der Waals surface area (Å²) in [6, 6.07) is -1.00. The predicted molar refractivity (Wildman–Crippen MR) is 214 cm³/mol. The van der Waals surface area contributed by atoms with Crippen LogP contribution in [0.4, 0.5) is 0 Å². The molecular weight excluding hydrogens is 663 g/mol. The number of aliphatic hydroxyl groups excluding tert-OH is 2. The van der Waals surface area contributed by atoms with Crippen molar-refractivity contribution in [3.63, 3.8) is 0 Å². The first-order valence-corrected chi connectivity index (χ1v) is 22.2. The lowest BCUT2D eigenvalue weighted by atomic mass is 10.0. The first kappa shape index (κ1) is 49.7. The molecule has 0 fully saturated rings. The molecule has 0 saturated carbocycles. The minimum absolute atomic E-state index is 0.0425. The third-order valence-corrected chi connectivity index (χ3v) is 9.97. The van der Waals surface area contributed by atoms with E-state index in [2.05, 4.69) is 43.5 Å². The number of nitrogens with two attached hydrogens (primary N) is 1. The maximum absolute atomic E-state index is 12.8. The number of allylic oxidation sites excluding steroid dienone is 5. The summed E-state index contributed by atoms with van der Waals surface area (Å²) in [5.41, 5.74) is 5.34. The van der Waals surface area contributed by atoms with Gasteiger partial charge >= 0.3 is 7.82 Å². The number of unbranched alkanes of at least 4 members (excludes halogenated alkanes) is 20. The van der Waals surface area contributed by atoms with E-state index < -0.39 is 38.6 Å². The third kappa shape index (κ3) is 35.5. The zero-order valence-corrected chi connectivity index (χ0v) is 33.6. The molecule has 0 rings (SSSR count). The molecule has 10 heteroatoms. The van der Waals surface area contributed by atoms with Crippen LogP contribution in [0.15, 0.2) is 36.5 Å². The monoisotopic (exact) mass is 743 g/mol. The minimum Gasteiger partial charge on any atom is -0.393 e. The first-order valence-electron chi connectivity index (χ1n) is 20.7. The maximum Gasteiger partial charge on any atom is 0.472 e. The Morgan fingerprint density at radius 1 is 0.667 bits per heavy atom. The van der Waals surface area contributed by atoms with E-state index in [4.69, 9.17) is 14.8 Å². The van der Waals surface area contributed by atoms with Crippen LogP contribution in [0, 0.1) is 0 Å². The Bertz CT molecular complexity index is 914. The van der Waals surface area contributed by atoms with Crippen LogP contribution in [0.25, 0.3) is 0 Å². The highest BCUT2D eigenvalue weighted by molar-refractivity contribution is 7.47. The number of phosphoric acid groups is 1. The van der Waals surface area contributed by atoms with E-state index >= 15 is 0 Å². The fourth-order valence-corrected chi connectivity index (χ4v) is 6.62. The molecule has 0 aliphatic rings. The smallest absolute Gasteiger partial charge is 0.393 e. The summed E-state index contributed by atoms with van der Waals surface area (Å²) in [4.78, 5) is 22.7. The van der Waals surface area contributed by atoms with Gasteiger partial charge in [0.05, 0.1) is 37.9 Å². The topological polar surface area (TPSA) is 151 Å². The highest BCUT2D eigenvalue weighted by atomic mass is 31.2. The lowest BCUT2D eigenvalue weighted by molar-refractivity contribution is -0.124. The molecule has 0 aromatic rings. The molecule has 0 radical (unpaired) electrons. The van der Waals surface area contributed by atoms with E-state index in [1.807, 2.05) is 6.08 Å². The number of amides is 1. The molecule has 9 nitrogen and oxygen atoms in total. The summed E-state index contributed by atoms with van der Waals surface area (Å²) >= 11 is 0. The number of rotatable bonds is 38. The summed E-state index contributed by atoms with van der Waals surface area (Å²) < 4.78 is 22.0. The van der Waals surface area contributed by atoms with Crippen LogP contribution >= 0.6 is 7.82 Å². The molecule has 6 N–H and O–H groups in total. The van der Waals surface area contributed by atoms with Crippen LogP contribution in [0.1, 0.15) is 181 Å². The molecule has 0 bridgehead atoms. The highest BCUT2D eigenvalue weighted by Crippen LogP contribution is 2.43. The van der Waals surface area contributed by atoms with Gasteiger partial charge < -0.3 is 26.2 Å². The Balaban J connectivity index is 4.30. The van der Waals surface area contributed by atoms with Gasteiger partial charge in [-0.2, -0.15) is 0 Å². The van der Waals surface area contributed by atoms with Crippen LogP contribution in [-0.2, 0) is 18.4 Å². The van der Waals surface area contributed by atoms with Gasteiger partial charge in [-0.25, -0.2) is 4.57 Å². The molecule has 0 heterocycles. The SMILES string of the molecule is CCC/C=C/CC/C=C/CC/C=C/C(O)C(COP(=O)(O)OCCN)NC(=O)CC(O)CCCCCCCCCCCCCCCCCCCC. The van der Waals surface area contributed by atoms with E-state index in [1.54, 1.807) is 6.08 Å². The molecule has 4 unspecified atom stereocenters. The second-order valence-electron chi connectivity index (χ2n) is 14.0. The van der Waals surface area contributed by atoms with Gasteiger partial charge in [-0.1, -0.05) is 172 Å². The van der Waals surface area contributed by atoms with Crippen molar-refractivity contribution in [2.45, 2.75) is 199 Å². The Morgan fingerprint density at radius 3 is 1.59 bits per heavy atom. The molecule has 4 atom stereocenters. The Kier molecular flexibility index (Phi) is 36.1. The fourth-order valence-electron chi connectivity index (χ4n) is 5.86. The molecule has 0 saturated heterocycles. The van der Waals surface area contributed by atoms with Gasteiger partial charge in [0.25, 0.3) is 0 Å². The zero-order valence-electron chi connectivity index (χ0n) is 32.7. The Labute approximate surface area is 312 Å². The average molecular weight is 743 g/mol. The number of nitrogens with one attached hydrogen (secondary N) is 1. The lowest BCUT2D eigenvalue weighted by Gasteiger charge is -2.24. The number of hydrogen-bond acceptors (Lipinski definition) is 7. The second-order valence-corrected chi connectivity index (χ2v) is 15.5. The average Bonchev–Trinajstić information content (AvgIpc) is 3.10. The summed E-state index contributed by atoms with van der Waals surface area (Å²) in [5.74, 6) is -0.461. The van der Waals surface area contributed by atoms with E-state index in [0.29, 0.717) is 12.8 Å². The first-order chi connectivity index (χ1) is 24.8. The number of carbonyl (C=O) groups is 1. The van der Waals surface area contributed by atoms with Crippen molar-refractivity contribution in [3.8, 4) is 0 Å². The van der Waals surface area contributed by atoms with Crippen molar-refractivity contribution in [2.24, 2.45) is 5.73 Å². The molecule has 0 aliphatic carbocycles. The van der Waals surface area contributed by atoms with Crippen LogP contribution in [0.2, 0.25) is 0 Å². The third-order valence-electron chi connectivity index (χ3n) is 8.98. The van der Waals surface area contributed by atoms with Gasteiger partial charge in [0.1, 0.15) is 0 Å². The van der Waals surface area contributed by atoms with Crippen molar-refractivity contribution in [1.82, 2.24) is 5.32 Å². The summed E-state index contributed by atoms with van der Waals surface area (Å²) in [5, 5.41) is 23.9. The molecule has 1 amide bonds. The molecule has 51 heavy (non-hydrogen) atoms. The van der Waals surface area contributed by atoms with Gasteiger partial charge in [0.15, 0.2) is 0 Å². The van der Waals surface area contributed by atoms with Crippen LogP contribution in [0.3, 0.4) is 0 Å². The predicted octanol–water partition coefficient (Wildman–Crippen LogP) is 10.1. The van der Waals surface area contributed by atoms with Crippen molar-refractivity contribution < 1.29 is 33.5 Å². The molecule has 300 valence electrons. The summed E-state index contributed by atoms with van der Waals surface area (Å²) in [6.07, 6.45) is 39.6.